The maximum Gasteiger partial charge on any atom is 0.319 e. The summed E-state index contributed by atoms with van der Waals surface area (Å²) in [6, 6.07) is 0. The largest absolute Gasteiger partial charge is 0.468 e. The second-order valence-electron chi connectivity index (χ2n) is 4.78. The number of Topliss-reactive ketones (excluding diaryl/α,β-unsaturated/α-hetero) is 1. The topological polar surface area (TPSA) is 52.6 Å². The number of rotatable bonds is 4. The molecule has 4 nitrogen and oxygen atoms in total. The number of esters is 1. The van der Waals surface area contributed by atoms with Crippen molar-refractivity contribution < 1.29 is 19.1 Å². The van der Waals surface area contributed by atoms with Gasteiger partial charge in [-0.15, -0.1) is 0 Å². The zero-order valence-electron chi connectivity index (χ0n) is 9.17. The summed E-state index contributed by atoms with van der Waals surface area (Å²) in [6.07, 6.45) is 3.61. The number of methoxy groups -OCH3 is 2. The van der Waals surface area contributed by atoms with Crippen LogP contribution in [0.15, 0.2) is 0 Å². The van der Waals surface area contributed by atoms with Crippen LogP contribution in [0, 0.1) is 10.8 Å². The third-order valence-electron chi connectivity index (χ3n) is 3.70. The van der Waals surface area contributed by atoms with Crippen LogP contribution in [-0.4, -0.2) is 32.6 Å². The Hall–Kier alpha value is -0.900. The first kappa shape index (κ1) is 10.6. The van der Waals surface area contributed by atoms with E-state index in [4.69, 9.17) is 9.47 Å². The van der Waals surface area contributed by atoms with Crippen molar-refractivity contribution >= 4 is 11.8 Å². The van der Waals surface area contributed by atoms with E-state index in [9.17, 15) is 9.59 Å². The van der Waals surface area contributed by atoms with Crippen LogP contribution in [0.5, 0.6) is 0 Å². The van der Waals surface area contributed by atoms with E-state index in [1.807, 2.05) is 0 Å². The molecule has 0 saturated heterocycles. The van der Waals surface area contributed by atoms with Gasteiger partial charge in [0.2, 0.25) is 0 Å². The standard InChI is InChI=1S/C11H16O4/c1-14-5-8(12)11(9(13)15-2)6-10(7-11)3-4-10/h3-7H2,1-2H3. The monoisotopic (exact) mass is 212 g/mol. The molecule has 0 amide bonds. The summed E-state index contributed by atoms with van der Waals surface area (Å²) in [5.41, 5.74) is -0.598. The van der Waals surface area contributed by atoms with Gasteiger partial charge < -0.3 is 9.47 Å². The quantitative estimate of drug-likeness (QED) is 0.514. The minimum Gasteiger partial charge on any atom is -0.468 e. The number of ketones is 1. The molecule has 2 saturated carbocycles. The predicted octanol–water partition coefficient (Wildman–Crippen LogP) is 0.935. The van der Waals surface area contributed by atoms with Crippen LogP contribution in [0.1, 0.15) is 25.7 Å². The third kappa shape index (κ3) is 1.47. The molecule has 2 fully saturated rings. The lowest BCUT2D eigenvalue weighted by molar-refractivity contribution is -0.171. The summed E-state index contributed by atoms with van der Waals surface area (Å²) < 4.78 is 9.54. The summed E-state index contributed by atoms with van der Waals surface area (Å²) in [5, 5.41) is 0. The predicted molar refractivity (Wildman–Crippen MR) is 52.2 cm³/mol. The van der Waals surface area contributed by atoms with Crippen LogP contribution in [0.25, 0.3) is 0 Å². The van der Waals surface area contributed by atoms with E-state index in [-0.39, 0.29) is 23.8 Å². The Bertz CT molecular complexity index is 296. The van der Waals surface area contributed by atoms with Gasteiger partial charge in [0, 0.05) is 7.11 Å². The molecule has 84 valence electrons. The van der Waals surface area contributed by atoms with Gasteiger partial charge in [-0.1, -0.05) is 0 Å². The Morgan fingerprint density at radius 1 is 1.20 bits per heavy atom. The highest BCUT2D eigenvalue weighted by molar-refractivity contribution is 6.05. The zero-order chi connectivity index (χ0) is 11.1. The van der Waals surface area contributed by atoms with Gasteiger partial charge in [-0.3, -0.25) is 9.59 Å². The molecular weight excluding hydrogens is 196 g/mol. The smallest absolute Gasteiger partial charge is 0.319 e. The second-order valence-corrected chi connectivity index (χ2v) is 4.78. The molecule has 0 atom stereocenters. The van der Waals surface area contributed by atoms with Crippen molar-refractivity contribution in [3.05, 3.63) is 0 Å². The number of carbonyl (C=O) groups is 2. The molecule has 0 aromatic heterocycles. The highest BCUT2D eigenvalue weighted by Gasteiger charge is 2.67. The lowest BCUT2D eigenvalue weighted by atomic mass is 9.57. The van der Waals surface area contributed by atoms with Gasteiger partial charge in [-0.25, -0.2) is 0 Å². The van der Waals surface area contributed by atoms with Gasteiger partial charge >= 0.3 is 5.97 Å². The van der Waals surface area contributed by atoms with Crippen molar-refractivity contribution in [3.8, 4) is 0 Å². The Balaban J connectivity index is 2.10. The average Bonchev–Trinajstić information content (AvgIpc) is 2.93. The van der Waals surface area contributed by atoms with Crippen LogP contribution in [0.4, 0.5) is 0 Å². The average molecular weight is 212 g/mol. The molecule has 0 aromatic rings. The Kier molecular flexibility index (Phi) is 2.34. The number of ether oxygens (including phenoxy) is 2. The Labute approximate surface area is 88.9 Å². The fourth-order valence-electron chi connectivity index (χ4n) is 2.68. The van der Waals surface area contributed by atoms with Gasteiger partial charge in [0.1, 0.15) is 12.0 Å². The van der Waals surface area contributed by atoms with Gasteiger partial charge in [-0.2, -0.15) is 0 Å². The van der Waals surface area contributed by atoms with Gasteiger partial charge in [0.25, 0.3) is 0 Å². The molecule has 1 spiro atoms. The fourth-order valence-corrected chi connectivity index (χ4v) is 2.68. The lowest BCUT2D eigenvalue weighted by Crippen LogP contribution is -2.52. The van der Waals surface area contributed by atoms with Crippen LogP contribution in [0.3, 0.4) is 0 Å². The summed E-state index contributed by atoms with van der Waals surface area (Å²) in [6.45, 7) is 0.00514. The van der Waals surface area contributed by atoms with Crippen LogP contribution < -0.4 is 0 Å². The van der Waals surface area contributed by atoms with Crippen molar-refractivity contribution in [2.24, 2.45) is 10.8 Å². The highest BCUT2D eigenvalue weighted by atomic mass is 16.5. The van der Waals surface area contributed by atoms with E-state index in [1.54, 1.807) is 0 Å². The summed E-state index contributed by atoms with van der Waals surface area (Å²) >= 11 is 0. The number of hydrogen-bond acceptors (Lipinski definition) is 4. The minimum atomic E-state index is -0.888. The van der Waals surface area contributed by atoms with E-state index in [1.165, 1.54) is 14.2 Å². The summed E-state index contributed by atoms with van der Waals surface area (Å²) in [7, 11) is 2.80. The lowest BCUT2D eigenvalue weighted by Gasteiger charge is -2.44. The van der Waals surface area contributed by atoms with Crippen LogP contribution in [0.2, 0.25) is 0 Å². The first-order valence-corrected chi connectivity index (χ1v) is 5.19. The molecule has 0 unspecified atom stereocenters. The SMILES string of the molecule is COCC(=O)C1(C(=O)OC)CC2(CC2)C1. The Morgan fingerprint density at radius 3 is 2.20 bits per heavy atom. The van der Waals surface area contributed by atoms with Gasteiger partial charge in [0.15, 0.2) is 5.78 Å². The third-order valence-corrected chi connectivity index (χ3v) is 3.70. The van der Waals surface area contributed by atoms with Crippen molar-refractivity contribution in [2.75, 3.05) is 20.8 Å². The fraction of sp³-hybridized carbons (Fsp3) is 0.818. The normalized spacial score (nSPS) is 24.4. The van der Waals surface area contributed by atoms with Crippen molar-refractivity contribution in [1.82, 2.24) is 0 Å². The molecule has 0 aliphatic heterocycles. The molecule has 15 heavy (non-hydrogen) atoms. The van der Waals surface area contributed by atoms with Crippen LogP contribution >= 0.6 is 0 Å². The summed E-state index contributed by atoms with van der Waals surface area (Å²) in [4.78, 5) is 23.5. The molecule has 0 aromatic carbocycles. The first-order valence-electron chi connectivity index (χ1n) is 5.19. The molecule has 0 bridgehead atoms. The molecular formula is C11H16O4. The second kappa shape index (κ2) is 3.30. The number of carbonyl (C=O) groups excluding carboxylic acids is 2. The van der Waals surface area contributed by atoms with Crippen molar-refractivity contribution in [1.29, 1.82) is 0 Å². The first-order chi connectivity index (χ1) is 7.08. The van der Waals surface area contributed by atoms with E-state index in [2.05, 4.69) is 0 Å². The molecule has 4 heteroatoms. The Morgan fingerprint density at radius 2 is 1.80 bits per heavy atom. The molecule has 0 heterocycles. The van der Waals surface area contributed by atoms with Gasteiger partial charge in [-0.05, 0) is 31.1 Å². The van der Waals surface area contributed by atoms with Crippen LogP contribution in [-0.2, 0) is 19.1 Å². The summed E-state index contributed by atoms with van der Waals surface area (Å²) in [5.74, 6) is -0.517. The van der Waals surface area contributed by atoms with Crippen molar-refractivity contribution in [3.63, 3.8) is 0 Å². The van der Waals surface area contributed by atoms with E-state index in [0.29, 0.717) is 12.8 Å². The van der Waals surface area contributed by atoms with Crippen molar-refractivity contribution in [2.45, 2.75) is 25.7 Å². The zero-order valence-corrected chi connectivity index (χ0v) is 9.17. The molecule has 2 rings (SSSR count). The number of hydrogen-bond donors (Lipinski definition) is 0. The van der Waals surface area contributed by atoms with Gasteiger partial charge in [0.05, 0.1) is 7.11 Å². The van der Waals surface area contributed by atoms with E-state index >= 15 is 0 Å². The maximum atomic E-state index is 11.8. The molecule has 2 aliphatic carbocycles. The highest BCUT2D eigenvalue weighted by Crippen LogP contribution is 2.69. The minimum absolute atomic E-state index is 0.00514. The molecule has 0 N–H and O–H groups in total. The maximum absolute atomic E-state index is 11.8. The van der Waals surface area contributed by atoms with E-state index < -0.39 is 5.41 Å². The molecule has 0 radical (unpaired) electrons. The molecule has 2 aliphatic rings. The van der Waals surface area contributed by atoms with E-state index in [0.717, 1.165) is 12.8 Å².